The summed E-state index contributed by atoms with van der Waals surface area (Å²) in [6.07, 6.45) is 2.55. The standard InChI is InChI=1S/C14H21ClN2O.ClH/c1-16-13-3-2-8-17(11-13)9-10-18-14-6-4-12(15)5-7-14;/h4-7,13,16H,2-3,8-11H2,1H3;1H. The van der Waals surface area contributed by atoms with Crippen LogP contribution in [0.3, 0.4) is 0 Å². The second-order valence-electron chi connectivity index (χ2n) is 4.73. The van der Waals surface area contributed by atoms with E-state index < -0.39 is 0 Å². The number of nitrogens with one attached hydrogen (secondary N) is 1. The summed E-state index contributed by atoms with van der Waals surface area (Å²) in [4.78, 5) is 2.46. The van der Waals surface area contributed by atoms with Crippen molar-refractivity contribution in [3.8, 4) is 5.75 Å². The molecule has 1 saturated heterocycles. The second kappa shape index (κ2) is 8.64. The highest BCUT2D eigenvalue weighted by atomic mass is 35.5. The van der Waals surface area contributed by atoms with E-state index in [1.165, 1.54) is 19.4 Å². The lowest BCUT2D eigenvalue weighted by atomic mass is 10.1. The van der Waals surface area contributed by atoms with Crippen LogP contribution in [-0.2, 0) is 0 Å². The van der Waals surface area contributed by atoms with Crippen molar-refractivity contribution in [2.75, 3.05) is 33.3 Å². The van der Waals surface area contributed by atoms with Crippen LogP contribution < -0.4 is 10.1 Å². The number of rotatable bonds is 5. The van der Waals surface area contributed by atoms with Gasteiger partial charge in [-0.05, 0) is 50.7 Å². The predicted molar refractivity (Wildman–Crippen MR) is 82.7 cm³/mol. The SMILES string of the molecule is CNC1CCCN(CCOc2ccc(Cl)cc2)C1.Cl. The van der Waals surface area contributed by atoms with E-state index in [2.05, 4.69) is 10.2 Å². The Balaban J connectivity index is 0.00000180. The summed E-state index contributed by atoms with van der Waals surface area (Å²) in [7, 11) is 2.04. The molecule has 19 heavy (non-hydrogen) atoms. The summed E-state index contributed by atoms with van der Waals surface area (Å²) >= 11 is 5.83. The van der Waals surface area contributed by atoms with Crippen molar-refractivity contribution in [2.45, 2.75) is 18.9 Å². The van der Waals surface area contributed by atoms with Gasteiger partial charge in [0.2, 0.25) is 0 Å². The third-order valence-electron chi connectivity index (χ3n) is 3.40. The average molecular weight is 305 g/mol. The first-order chi connectivity index (χ1) is 8.78. The van der Waals surface area contributed by atoms with Crippen molar-refractivity contribution in [3.05, 3.63) is 29.3 Å². The van der Waals surface area contributed by atoms with E-state index >= 15 is 0 Å². The molecule has 0 saturated carbocycles. The Kier molecular flexibility index (Phi) is 7.54. The quantitative estimate of drug-likeness (QED) is 0.905. The van der Waals surface area contributed by atoms with Gasteiger partial charge < -0.3 is 10.1 Å². The van der Waals surface area contributed by atoms with E-state index in [9.17, 15) is 0 Å². The minimum absolute atomic E-state index is 0. The first-order valence-corrected chi connectivity index (χ1v) is 6.93. The molecule has 1 atom stereocenters. The molecule has 1 aliphatic rings. The highest BCUT2D eigenvalue weighted by Crippen LogP contribution is 2.15. The molecule has 0 aliphatic carbocycles. The molecule has 3 nitrogen and oxygen atoms in total. The minimum atomic E-state index is 0. The van der Waals surface area contributed by atoms with Crippen LogP contribution in [0.5, 0.6) is 5.75 Å². The maximum atomic E-state index is 5.83. The Labute approximate surface area is 126 Å². The van der Waals surface area contributed by atoms with Crippen molar-refractivity contribution in [1.29, 1.82) is 0 Å². The van der Waals surface area contributed by atoms with Gasteiger partial charge in [0.15, 0.2) is 0 Å². The van der Waals surface area contributed by atoms with Gasteiger partial charge in [0.1, 0.15) is 12.4 Å². The Morgan fingerprint density at radius 1 is 1.37 bits per heavy atom. The molecule has 2 rings (SSSR count). The summed E-state index contributed by atoms with van der Waals surface area (Å²) in [5.41, 5.74) is 0. The van der Waals surface area contributed by atoms with E-state index in [0.717, 1.165) is 30.5 Å². The molecular weight excluding hydrogens is 283 g/mol. The predicted octanol–water partition coefficient (Wildman–Crippen LogP) is 2.82. The molecule has 0 amide bonds. The summed E-state index contributed by atoms with van der Waals surface area (Å²) in [6, 6.07) is 8.17. The molecule has 1 aromatic carbocycles. The van der Waals surface area contributed by atoms with Crippen LogP contribution in [0.2, 0.25) is 5.02 Å². The van der Waals surface area contributed by atoms with Crippen LogP contribution in [0.15, 0.2) is 24.3 Å². The van der Waals surface area contributed by atoms with Crippen molar-refractivity contribution in [2.24, 2.45) is 0 Å². The Morgan fingerprint density at radius 2 is 2.11 bits per heavy atom. The number of likely N-dealkylation sites (tertiary alicyclic amines) is 1. The Hall–Kier alpha value is -0.480. The summed E-state index contributed by atoms with van der Waals surface area (Å²) in [5.74, 6) is 0.890. The van der Waals surface area contributed by atoms with Gasteiger partial charge in [-0.15, -0.1) is 12.4 Å². The topological polar surface area (TPSA) is 24.5 Å². The average Bonchev–Trinajstić information content (AvgIpc) is 2.41. The first-order valence-electron chi connectivity index (χ1n) is 6.56. The van der Waals surface area contributed by atoms with Crippen molar-refractivity contribution in [1.82, 2.24) is 10.2 Å². The molecule has 0 spiro atoms. The minimum Gasteiger partial charge on any atom is -0.492 e. The molecule has 0 bridgehead atoms. The summed E-state index contributed by atoms with van der Waals surface area (Å²) in [6.45, 7) is 4.03. The van der Waals surface area contributed by atoms with Gasteiger partial charge in [0.05, 0.1) is 0 Å². The Bertz CT molecular complexity index is 359. The van der Waals surface area contributed by atoms with Gasteiger partial charge >= 0.3 is 0 Å². The van der Waals surface area contributed by atoms with E-state index in [0.29, 0.717) is 6.04 Å². The zero-order valence-corrected chi connectivity index (χ0v) is 12.8. The number of ether oxygens (including phenoxy) is 1. The van der Waals surface area contributed by atoms with Crippen LogP contribution >= 0.6 is 24.0 Å². The van der Waals surface area contributed by atoms with Crippen molar-refractivity contribution in [3.63, 3.8) is 0 Å². The third-order valence-corrected chi connectivity index (χ3v) is 3.66. The summed E-state index contributed by atoms with van der Waals surface area (Å²) in [5, 5.41) is 4.10. The van der Waals surface area contributed by atoms with Gasteiger partial charge in [0, 0.05) is 24.2 Å². The smallest absolute Gasteiger partial charge is 0.119 e. The van der Waals surface area contributed by atoms with Gasteiger partial charge in [-0.25, -0.2) is 0 Å². The molecule has 5 heteroatoms. The van der Waals surface area contributed by atoms with Gasteiger partial charge in [-0.1, -0.05) is 11.6 Å². The van der Waals surface area contributed by atoms with Gasteiger partial charge in [-0.2, -0.15) is 0 Å². The lowest BCUT2D eigenvalue weighted by molar-refractivity contribution is 0.162. The van der Waals surface area contributed by atoms with E-state index in [-0.39, 0.29) is 12.4 Å². The first kappa shape index (κ1) is 16.6. The number of hydrogen-bond donors (Lipinski definition) is 1. The molecule has 1 fully saturated rings. The molecule has 0 radical (unpaired) electrons. The zero-order valence-electron chi connectivity index (χ0n) is 11.3. The van der Waals surface area contributed by atoms with Crippen molar-refractivity contribution < 1.29 is 4.74 Å². The highest BCUT2D eigenvalue weighted by molar-refractivity contribution is 6.30. The number of benzene rings is 1. The van der Waals surface area contributed by atoms with Crippen LogP contribution in [-0.4, -0.2) is 44.2 Å². The molecular formula is C14H22Cl2N2O. The molecule has 1 aromatic rings. The van der Waals surface area contributed by atoms with Crippen LogP contribution in [0.1, 0.15) is 12.8 Å². The largest absolute Gasteiger partial charge is 0.492 e. The maximum Gasteiger partial charge on any atom is 0.119 e. The van der Waals surface area contributed by atoms with E-state index in [1.54, 1.807) is 0 Å². The molecule has 1 unspecified atom stereocenters. The normalized spacial score (nSPS) is 19.8. The molecule has 1 heterocycles. The zero-order chi connectivity index (χ0) is 12.8. The molecule has 108 valence electrons. The van der Waals surface area contributed by atoms with E-state index in [1.807, 2.05) is 31.3 Å². The number of hydrogen-bond acceptors (Lipinski definition) is 3. The van der Waals surface area contributed by atoms with E-state index in [4.69, 9.17) is 16.3 Å². The van der Waals surface area contributed by atoms with Crippen LogP contribution in [0, 0.1) is 0 Å². The number of likely N-dealkylation sites (N-methyl/N-ethyl adjacent to an activating group) is 1. The van der Waals surface area contributed by atoms with Crippen LogP contribution in [0.25, 0.3) is 0 Å². The second-order valence-corrected chi connectivity index (χ2v) is 5.17. The number of halogens is 2. The summed E-state index contributed by atoms with van der Waals surface area (Å²) < 4.78 is 5.71. The van der Waals surface area contributed by atoms with Gasteiger partial charge in [0.25, 0.3) is 0 Å². The lowest BCUT2D eigenvalue weighted by Crippen LogP contribution is -2.45. The number of piperidine rings is 1. The maximum absolute atomic E-state index is 5.83. The fourth-order valence-corrected chi connectivity index (χ4v) is 2.44. The third kappa shape index (κ3) is 5.57. The van der Waals surface area contributed by atoms with Gasteiger partial charge in [-0.3, -0.25) is 4.90 Å². The fourth-order valence-electron chi connectivity index (χ4n) is 2.32. The highest BCUT2D eigenvalue weighted by Gasteiger charge is 2.17. The number of nitrogens with zero attached hydrogens (tertiary/aromatic N) is 1. The molecule has 1 aliphatic heterocycles. The monoisotopic (exact) mass is 304 g/mol. The van der Waals surface area contributed by atoms with Crippen molar-refractivity contribution >= 4 is 24.0 Å². The Morgan fingerprint density at radius 3 is 2.79 bits per heavy atom. The molecule has 0 aromatic heterocycles. The van der Waals surface area contributed by atoms with Crippen LogP contribution in [0.4, 0.5) is 0 Å². The molecule has 1 N–H and O–H groups in total. The fraction of sp³-hybridized carbons (Fsp3) is 0.571. The lowest BCUT2D eigenvalue weighted by Gasteiger charge is -2.32.